The third-order valence-corrected chi connectivity index (χ3v) is 6.81. The van der Waals surface area contributed by atoms with Crippen LogP contribution in [0.15, 0.2) is 71.7 Å². The van der Waals surface area contributed by atoms with Gasteiger partial charge >= 0.3 is 0 Å². The van der Waals surface area contributed by atoms with E-state index in [1.807, 2.05) is 12.1 Å². The molecule has 2 aliphatic rings. The van der Waals surface area contributed by atoms with Gasteiger partial charge in [0.2, 0.25) is 18.6 Å². The van der Waals surface area contributed by atoms with Crippen LogP contribution < -0.4 is 14.8 Å². The van der Waals surface area contributed by atoms with Gasteiger partial charge in [0.25, 0.3) is 0 Å². The Labute approximate surface area is 209 Å². The van der Waals surface area contributed by atoms with Crippen LogP contribution in [-0.2, 0) is 16.1 Å². The molecule has 1 saturated heterocycles. The summed E-state index contributed by atoms with van der Waals surface area (Å²) in [4.78, 5) is 32.4. The summed E-state index contributed by atoms with van der Waals surface area (Å²) in [5.74, 6) is 0.268. The first kappa shape index (κ1) is 23.2. The lowest BCUT2D eigenvalue weighted by Crippen LogP contribution is -2.44. The van der Waals surface area contributed by atoms with Crippen molar-refractivity contribution in [3.05, 3.63) is 83.1 Å². The van der Waals surface area contributed by atoms with Crippen LogP contribution in [0, 0.1) is 5.82 Å². The maximum Gasteiger partial charge on any atom is 0.238 e. The number of amidine groups is 1. The number of amides is 2. The molecule has 10 heteroatoms. The Morgan fingerprint density at radius 1 is 1.09 bits per heavy atom. The number of aliphatic imine (C=N–C) groups is 1. The monoisotopic (exact) mass is 511 g/mol. The van der Waals surface area contributed by atoms with Crippen molar-refractivity contribution in [3.8, 4) is 11.5 Å². The lowest BCUT2D eigenvalue weighted by molar-refractivity contribution is -0.129. The van der Waals surface area contributed by atoms with Gasteiger partial charge in [-0.05, 0) is 66.2 Å². The van der Waals surface area contributed by atoms with Crippen molar-refractivity contribution >= 4 is 51.7 Å². The maximum atomic E-state index is 13.2. The second-order valence-corrected chi connectivity index (χ2v) is 9.45. The fourth-order valence-electron chi connectivity index (χ4n) is 3.60. The highest BCUT2D eigenvalue weighted by molar-refractivity contribution is 8.15. The number of carbonyl (C=O) groups excluding carboxylic acids is 2. The van der Waals surface area contributed by atoms with E-state index in [0.29, 0.717) is 33.1 Å². The summed E-state index contributed by atoms with van der Waals surface area (Å²) < 4.78 is 24.0. The molecule has 1 fully saturated rings. The van der Waals surface area contributed by atoms with E-state index in [0.717, 1.165) is 5.56 Å². The van der Waals surface area contributed by atoms with Crippen LogP contribution in [-0.4, -0.2) is 33.9 Å². The van der Waals surface area contributed by atoms with Crippen LogP contribution in [0.2, 0.25) is 5.02 Å². The van der Waals surface area contributed by atoms with Gasteiger partial charge in [-0.25, -0.2) is 9.38 Å². The third kappa shape index (κ3) is 5.41. The highest BCUT2D eigenvalue weighted by atomic mass is 35.5. The molecule has 1 N–H and O–H groups in total. The number of nitrogens with zero attached hydrogens (tertiary/aromatic N) is 2. The normalized spacial score (nSPS) is 18.1. The Hall–Kier alpha value is -3.56. The second kappa shape index (κ2) is 9.97. The average molecular weight is 512 g/mol. The first-order chi connectivity index (χ1) is 16.9. The number of hydrogen-bond acceptors (Lipinski definition) is 6. The lowest BCUT2D eigenvalue weighted by Gasteiger charge is -2.32. The van der Waals surface area contributed by atoms with Gasteiger partial charge in [-0.15, -0.1) is 0 Å². The van der Waals surface area contributed by atoms with Gasteiger partial charge in [-0.3, -0.25) is 14.5 Å². The highest BCUT2D eigenvalue weighted by Crippen LogP contribution is 2.35. The van der Waals surface area contributed by atoms with E-state index < -0.39 is 11.1 Å². The van der Waals surface area contributed by atoms with Gasteiger partial charge in [-0.2, -0.15) is 0 Å². The molecular formula is C25H19ClFN3O4S. The Morgan fingerprint density at radius 3 is 2.60 bits per heavy atom. The van der Waals surface area contributed by atoms with E-state index >= 15 is 0 Å². The number of benzene rings is 3. The van der Waals surface area contributed by atoms with Gasteiger partial charge in [0.1, 0.15) is 11.1 Å². The van der Waals surface area contributed by atoms with E-state index in [9.17, 15) is 14.0 Å². The number of anilines is 1. The minimum atomic E-state index is -0.702. The standard InChI is InChI=1S/C25H19ClFN3O4S/c26-16-2-6-19(7-3-16)29-25-30(13-15-1-10-20-21(11-15)34-14-33-20)23(31)12-22(35-25)24(32)28-18-8-4-17(27)5-9-18/h1-11,22H,12-14H2,(H,28,32)/t22-/m0/s1. The van der Waals surface area contributed by atoms with Crippen LogP contribution >= 0.6 is 23.4 Å². The Morgan fingerprint density at radius 2 is 1.83 bits per heavy atom. The summed E-state index contributed by atoms with van der Waals surface area (Å²) >= 11 is 7.19. The van der Waals surface area contributed by atoms with E-state index in [4.69, 9.17) is 21.1 Å². The van der Waals surface area contributed by atoms with Crippen LogP contribution in [0.4, 0.5) is 15.8 Å². The SMILES string of the molecule is O=C(Nc1ccc(F)cc1)[C@@H]1CC(=O)N(Cc2ccc3c(c2)OCO3)C(=Nc2ccc(Cl)cc2)S1. The zero-order valence-corrected chi connectivity index (χ0v) is 19.8. The smallest absolute Gasteiger partial charge is 0.238 e. The molecule has 2 amide bonds. The minimum Gasteiger partial charge on any atom is -0.454 e. The number of carbonyl (C=O) groups is 2. The van der Waals surface area contributed by atoms with Crippen molar-refractivity contribution in [2.45, 2.75) is 18.2 Å². The molecule has 0 radical (unpaired) electrons. The predicted octanol–water partition coefficient (Wildman–Crippen LogP) is 5.37. The van der Waals surface area contributed by atoms with E-state index in [2.05, 4.69) is 10.3 Å². The number of halogens is 2. The Bertz CT molecular complexity index is 1300. The Kier molecular flexibility index (Phi) is 6.61. The van der Waals surface area contributed by atoms with Crippen molar-refractivity contribution < 1.29 is 23.5 Å². The fraction of sp³-hybridized carbons (Fsp3) is 0.160. The maximum absolute atomic E-state index is 13.2. The molecule has 0 spiro atoms. The number of rotatable bonds is 5. The number of hydrogen-bond donors (Lipinski definition) is 1. The molecule has 0 aromatic heterocycles. The number of ether oxygens (including phenoxy) is 2. The molecule has 1 atom stereocenters. The molecular weight excluding hydrogens is 493 g/mol. The van der Waals surface area contributed by atoms with Crippen molar-refractivity contribution in [1.29, 1.82) is 0 Å². The minimum absolute atomic E-state index is 0.0120. The quantitative estimate of drug-likeness (QED) is 0.498. The van der Waals surface area contributed by atoms with Crippen molar-refractivity contribution in [2.24, 2.45) is 4.99 Å². The van der Waals surface area contributed by atoms with Gasteiger partial charge in [-0.1, -0.05) is 29.4 Å². The summed E-state index contributed by atoms with van der Waals surface area (Å²) in [7, 11) is 0. The molecule has 2 heterocycles. The topological polar surface area (TPSA) is 80.2 Å². The summed E-state index contributed by atoms with van der Waals surface area (Å²) in [6.45, 7) is 0.409. The molecule has 0 unspecified atom stereocenters. The number of nitrogens with one attached hydrogen (secondary N) is 1. The first-order valence-electron chi connectivity index (χ1n) is 10.7. The van der Waals surface area contributed by atoms with Crippen LogP contribution in [0.1, 0.15) is 12.0 Å². The van der Waals surface area contributed by atoms with Gasteiger partial charge in [0.05, 0.1) is 12.2 Å². The number of fused-ring (bicyclic) bond motifs is 1. The molecule has 35 heavy (non-hydrogen) atoms. The summed E-state index contributed by atoms with van der Waals surface area (Å²) in [6.07, 6.45) is -0.0120. The van der Waals surface area contributed by atoms with Crippen LogP contribution in [0.25, 0.3) is 0 Å². The van der Waals surface area contributed by atoms with E-state index in [1.54, 1.807) is 35.2 Å². The number of thioether (sulfide) groups is 1. The predicted molar refractivity (Wildman–Crippen MR) is 133 cm³/mol. The molecule has 5 rings (SSSR count). The van der Waals surface area contributed by atoms with Crippen molar-refractivity contribution in [1.82, 2.24) is 4.90 Å². The van der Waals surface area contributed by atoms with Crippen molar-refractivity contribution in [2.75, 3.05) is 12.1 Å². The molecule has 178 valence electrons. The van der Waals surface area contributed by atoms with Crippen molar-refractivity contribution in [3.63, 3.8) is 0 Å². The fourth-order valence-corrected chi connectivity index (χ4v) is 4.82. The largest absolute Gasteiger partial charge is 0.454 e. The molecule has 0 saturated carbocycles. The first-order valence-corrected chi connectivity index (χ1v) is 12.0. The summed E-state index contributed by atoms with van der Waals surface area (Å²) in [6, 6.07) is 17.8. The Balaban J connectivity index is 1.40. The summed E-state index contributed by atoms with van der Waals surface area (Å²) in [5.41, 5.74) is 1.88. The van der Waals surface area contributed by atoms with Crippen LogP contribution in [0.3, 0.4) is 0 Å². The van der Waals surface area contributed by atoms with E-state index in [-0.39, 0.29) is 31.6 Å². The van der Waals surface area contributed by atoms with E-state index in [1.165, 1.54) is 36.0 Å². The highest BCUT2D eigenvalue weighted by Gasteiger charge is 2.36. The zero-order chi connectivity index (χ0) is 24.4. The van der Waals surface area contributed by atoms with Crippen LogP contribution in [0.5, 0.6) is 11.5 Å². The average Bonchev–Trinajstić information content (AvgIpc) is 3.32. The molecule has 3 aromatic carbocycles. The molecule has 7 nitrogen and oxygen atoms in total. The third-order valence-electron chi connectivity index (χ3n) is 5.37. The zero-order valence-electron chi connectivity index (χ0n) is 18.2. The lowest BCUT2D eigenvalue weighted by atomic mass is 10.1. The molecule has 0 bridgehead atoms. The van der Waals surface area contributed by atoms with Gasteiger partial charge in [0.15, 0.2) is 16.7 Å². The molecule has 3 aromatic rings. The second-order valence-electron chi connectivity index (χ2n) is 7.85. The summed E-state index contributed by atoms with van der Waals surface area (Å²) in [5, 5.41) is 3.00. The van der Waals surface area contributed by atoms with Gasteiger partial charge in [0, 0.05) is 17.1 Å². The molecule has 0 aliphatic carbocycles. The van der Waals surface area contributed by atoms with Gasteiger partial charge < -0.3 is 14.8 Å². The molecule has 2 aliphatic heterocycles.